The summed E-state index contributed by atoms with van der Waals surface area (Å²) in [4.78, 5) is 17.6. The van der Waals surface area contributed by atoms with Crippen LogP contribution in [-0.2, 0) is 11.2 Å². The maximum absolute atomic E-state index is 13.0. The van der Waals surface area contributed by atoms with E-state index in [0.29, 0.717) is 6.42 Å². The number of rotatable bonds is 4. The van der Waals surface area contributed by atoms with Gasteiger partial charge in [-0.15, -0.1) is 0 Å². The van der Waals surface area contributed by atoms with Crippen LogP contribution in [0.3, 0.4) is 0 Å². The molecule has 1 atom stereocenters. The van der Waals surface area contributed by atoms with E-state index in [0.717, 1.165) is 11.3 Å². The molecular formula is C15H19F3N2O. The highest BCUT2D eigenvalue weighted by Crippen LogP contribution is 2.58. The molecule has 1 fully saturated rings. The van der Waals surface area contributed by atoms with E-state index in [9.17, 15) is 18.0 Å². The molecule has 1 aromatic heterocycles. The molecule has 0 N–H and O–H groups in total. The topological polar surface area (TPSA) is 33.2 Å². The highest BCUT2D eigenvalue weighted by molar-refractivity contribution is 5.86. The van der Waals surface area contributed by atoms with Gasteiger partial charge in [0.05, 0.1) is 0 Å². The number of aryl methyl sites for hydroxylation is 1. The van der Waals surface area contributed by atoms with Crippen LogP contribution in [0.4, 0.5) is 13.2 Å². The predicted molar refractivity (Wildman–Crippen MR) is 72.6 cm³/mol. The van der Waals surface area contributed by atoms with Gasteiger partial charge in [0.2, 0.25) is 5.91 Å². The third-order valence-electron chi connectivity index (χ3n) is 4.16. The van der Waals surface area contributed by atoms with Crippen LogP contribution in [0.5, 0.6) is 0 Å². The number of aromatic nitrogens is 1. The summed E-state index contributed by atoms with van der Waals surface area (Å²) in [5.41, 5.74) is -0.329. The number of carbonyl (C=O) groups is 1. The van der Waals surface area contributed by atoms with E-state index in [1.165, 1.54) is 11.9 Å². The Bertz CT molecular complexity index is 538. The van der Waals surface area contributed by atoms with Crippen LogP contribution in [0.25, 0.3) is 0 Å². The molecule has 0 aromatic carbocycles. The van der Waals surface area contributed by atoms with E-state index in [2.05, 4.69) is 4.98 Å². The van der Waals surface area contributed by atoms with Crippen molar-refractivity contribution < 1.29 is 18.0 Å². The van der Waals surface area contributed by atoms with Gasteiger partial charge >= 0.3 is 6.18 Å². The molecule has 0 radical (unpaired) electrons. The van der Waals surface area contributed by atoms with Crippen molar-refractivity contribution in [1.82, 2.24) is 9.88 Å². The minimum absolute atomic E-state index is 0.102. The molecule has 1 saturated carbocycles. The van der Waals surface area contributed by atoms with Gasteiger partial charge in [-0.25, -0.2) is 0 Å². The Labute approximate surface area is 122 Å². The third-order valence-corrected chi connectivity index (χ3v) is 4.16. The SMILES string of the molecule is Cc1ccnc(CC(C)N(C)C(=O)C2(C(F)(F)F)CC2)c1. The van der Waals surface area contributed by atoms with Crippen LogP contribution < -0.4 is 0 Å². The molecule has 3 nitrogen and oxygen atoms in total. The number of amides is 1. The standard InChI is InChI=1S/C15H19F3N2O/c1-10-4-7-19-12(8-10)9-11(2)20(3)13(21)14(5-6-14)15(16,17)18/h4,7-8,11H,5-6,9H2,1-3H3. The first-order valence-corrected chi connectivity index (χ1v) is 6.93. The summed E-state index contributed by atoms with van der Waals surface area (Å²) in [6.07, 6.45) is -2.56. The molecule has 1 aliphatic carbocycles. The van der Waals surface area contributed by atoms with Crippen LogP contribution in [-0.4, -0.2) is 35.1 Å². The van der Waals surface area contributed by atoms with Gasteiger partial charge in [0, 0.05) is 31.4 Å². The van der Waals surface area contributed by atoms with Crippen molar-refractivity contribution in [2.75, 3.05) is 7.05 Å². The van der Waals surface area contributed by atoms with E-state index >= 15 is 0 Å². The van der Waals surface area contributed by atoms with Gasteiger partial charge in [0.1, 0.15) is 5.41 Å². The summed E-state index contributed by atoms with van der Waals surface area (Å²) in [5, 5.41) is 0. The quantitative estimate of drug-likeness (QED) is 0.856. The fraction of sp³-hybridized carbons (Fsp3) is 0.600. The Morgan fingerprint density at radius 2 is 2.10 bits per heavy atom. The fourth-order valence-corrected chi connectivity index (χ4v) is 2.43. The molecule has 0 aliphatic heterocycles. The van der Waals surface area contributed by atoms with E-state index in [4.69, 9.17) is 0 Å². The Hall–Kier alpha value is -1.59. The van der Waals surface area contributed by atoms with E-state index in [1.54, 1.807) is 13.1 Å². The number of hydrogen-bond acceptors (Lipinski definition) is 2. The van der Waals surface area contributed by atoms with Crippen molar-refractivity contribution in [1.29, 1.82) is 0 Å². The molecule has 116 valence electrons. The third kappa shape index (κ3) is 3.04. The van der Waals surface area contributed by atoms with Gasteiger partial charge in [0.15, 0.2) is 0 Å². The second-order valence-corrected chi connectivity index (χ2v) is 5.87. The number of pyridine rings is 1. The molecule has 0 saturated heterocycles. The predicted octanol–water partition coefficient (Wildman–Crippen LogP) is 3.12. The zero-order chi connectivity index (χ0) is 15.8. The van der Waals surface area contributed by atoms with Crippen LogP contribution in [0, 0.1) is 12.3 Å². The first kappa shape index (κ1) is 15.8. The van der Waals surface area contributed by atoms with Gasteiger partial charge in [-0.1, -0.05) is 0 Å². The molecule has 2 rings (SSSR count). The van der Waals surface area contributed by atoms with Crippen LogP contribution in [0.2, 0.25) is 0 Å². The van der Waals surface area contributed by atoms with Gasteiger partial charge in [-0.05, 0) is 44.4 Å². The summed E-state index contributed by atoms with van der Waals surface area (Å²) < 4.78 is 39.0. The minimum atomic E-state index is -4.46. The lowest BCUT2D eigenvalue weighted by molar-refractivity contribution is -0.198. The first-order valence-electron chi connectivity index (χ1n) is 6.93. The Morgan fingerprint density at radius 3 is 2.57 bits per heavy atom. The number of nitrogens with zero attached hydrogens (tertiary/aromatic N) is 2. The van der Waals surface area contributed by atoms with E-state index in [-0.39, 0.29) is 18.9 Å². The average Bonchev–Trinajstić information content (AvgIpc) is 3.17. The maximum Gasteiger partial charge on any atom is 0.403 e. The molecule has 21 heavy (non-hydrogen) atoms. The molecule has 1 aliphatic rings. The van der Waals surface area contributed by atoms with Gasteiger partial charge in [-0.3, -0.25) is 9.78 Å². The Morgan fingerprint density at radius 1 is 1.48 bits per heavy atom. The van der Waals surface area contributed by atoms with Crippen molar-refractivity contribution in [3.8, 4) is 0 Å². The summed E-state index contributed by atoms with van der Waals surface area (Å²) >= 11 is 0. The Kier molecular flexibility index (Phi) is 4.00. The first-order chi connectivity index (χ1) is 9.67. The number of halogens is 3. The maximum atomic E-state index is 13.0. The zero-order valence-electron chi connectivity index (χ0n) is 12.4. The van der Waals surface area contributed by atoms with Crippen molar-refractivity contribution in [3.63, 3.8) is 0 Å². The fourth-order valence-electron chi connectivity index (χ4n) is 2.43. The van der Waals surface area contributed by atoms with E-state index in [1.807, 2.05) is 19.1 Å². The lowest BCUT2D eigenvalue weighted by Gasteiger charge is -2.30. The van der Waals surface area contributed by atoms with Crippen LogP contribution >= 0.6 is 0 Å². The molecule has 1 aromatic rings. The highest BCUT2D eigenvalue weighted by Gasteiger charge is 2.69. The molecule has 1 heterocycles. The lowest BCUT2D eigenvalue weighted by Crippen LogP contribution is -2.46. The van der Waals surface area contributed by atoms with Crippen molar-refractivity contribution in [2.45, 2.75) is 45.3 Å². The smallest absolute Gasteiger partial charge is 0.342 e. The van der Waals surface area contributed by atoms with Crippen LogP contribution in [0.1, 0.15) is 31.0 Å². The van der Waals surface area contributed by atoms with Crippen molar-refractivity contribution in [2.24, 2.45) is 5.41 Å². The summed E-state index contributed by atoms with van der Waals surface area (Å²) in [7, 11) is 1.44. The molecule has 6 heteroatoms. The highest BCUT2D eigenvalue weighted by atomic mass is 19.4. The van der Waals surface area contributed by atoms with Gasteiger partial charge < -0.3 is 4.90 Å². The van der Waals surface area contributed by atoms with Gasteiger partial charge in [0.25, 0.3) is 0 Å². The summed E-state index contributed by atoms with van der Waals surface area (Å²) in [5.74, 6) is -0.824. The number of alkyl halides is 3. The molecule has 0 bridgehead atoms. The average molecular weight is 300 g/mol. The largest absolute Gasteiger partial charge is 0.403 e. The zero-order valence-corrected chi connectivity index (χ0v) is 12.4. The van der Waals surface area contributed by atoms with Crippen LogP contribution in [0.15, 0.2) is 18.3 Å². The normalized spacial score (nSPS) is 18.2. The monoisotopic (exact) mass is 300 g/mol. The molecule has 0 spiro atoms. The number of likely N-dealkylation sites (N-methyl/N-ethyl adjacent to an activating group) is 1. The van der Waals surface area contributed by atoms with Gasteiger partial charge in [-0.2, -0.15) is 13.2 Å². The molecule has 1 unspecified atom stereocenters. The lowest BCUT2D eigenvalue weighted by atomic mass is 10.0. The minimum Gasteiger partial charge on any atom is -0.342 e. The molecular weight excluding hydrogens is 281 g/mol. The summed E-state index contributed by atoms with van der Waals surface area (Å²) in [6.45, 7) is 3.67. The second kappa shape index (κ2) is 5.31. The second-order valence-electron chi connectivity index (χ2n) is 5.87. The summed E-state index contributed by atoms with van der Waals surface area (Å²) in [6, 6.07) is 3.41. The number of carbonyl (C=O) groups excluding carboxylic acids is 1. The van der Waals surface area contributed by atoms with E-state index < -0.39 is 17.5 Å². The van der Waals surface area contributed by atoms with Crippen molar-refractivity contribution in [3.05, 3.63) is 29.6 Å². The Balaban J connectivity index is 2.06. The number of hydrogen-bond donors (Lipinski definition) is 0. The van der Waals surface area contributed by atoms with Crippen molar-refractivity contribution >= 4 is 5.91 Å². The molecule has 1 amide bonds.